The first-order chi connectivity index (χ1) is 11.1. The predicted molar refractivity (Wildman–Crippen MR) is 90.3 cm³/mol. The summed E-state index contributed by atoms with van der Waals surface area (Å²) in [4.78, 5) is 24.6. The van der Waals surface area contributed by atoms with Crippen LogP contribution in [0.15, 0.2) is 17.5 Å². The zero-order chi connectivity index (χ0) is 15.9. The van der Waals surface area contributed by atoms with Crippen LogP contribution in [-0.2, 0) is 4.79 Å². The van der Waals surface area contributed by atoms with Crippen molar-refractivity contribution in [3.05, 3.63) is 22.4 Å². The zero-order valence-corrected chi connectivity index (χ0v) is 14.2. The van der Waals surface area contributed by atoms with Crippen molar-refractivity contribution >= 4 is 23.2 Å². The number of carbonyl (C=O) groups excluding carboxylic acids is 2. The lowest BCUT2D eigenvalue weighted by Gasteiger charge is -2.56. The monoisotopic (exact) mass is 332 g/mol. The molecule has 4 nitrogen and oxygen atoms in total. The van der Waals surface area contributed by atoms with Crippen molar-refractivity contribution in [1.29, 1.82) is 0 Å². The molecular weight excluding hydrogens is 308 g/mol. The van der Waals surface area contributed by atoms with E-state index in [2.05, 4.69) is 10.6 Å². The Morgan fingerprint density at radius 1 is 1.09 bits per heavy atom. The maximum atomic E-state index is 12.1. The molecule has 5 heteroatoms. The van der Waals surface area contributed by atoms with Crippen molar-refractivity contribution in [3.8, 4) is 0 Å². The van der Waals surface area contributed by atoms with Gasteiger partial charge in [0.1, 0.15) is 0 Å². The number of amides is 2. The first kappa shape index (κ1) is 15.2. The fraction of sp³-hybridized carbons (Fsp3) is 0.667. The molecule has 23 heavy (non-hydrogen) atoms. The summed E-state index contributed by atoms with van der Waals surface area (Å²) in [5.74, 6) is 2.47. The summed E-state index contributed by atoms with van der Waals surface area (Å²) in [6, 6.07) is 3.61. The van der Waals surface area contributed by atoms with Crippen LogP contribution in [0.3, 0.4) is 0 Å². The van der Waals surface area contributed by atoms with Crippen LogP contribution in [-0.4, -0.2) is 24.9 Å². The van der Waals surface area contributed by atoms with Gasteiger partial charge in [-0.05, 0) is 73.1 Å². The van der Waals surface area contributed by atoms with Gasteiger partial charge in [0.15, 0.2) is 0 Å². The van der Waals surface area contributed by atoms with E-state index < -0.39 is 0 Å². The van der Waals surface area contributed by atoms with Crippen LogP contribution in [0.1, 0.15) is 48.2 Å². The van der Waals surface area contributed by atoms with Gasteiger partial charge >= 0.3 is 0 Å². The van der Waals surface area contributed by atoms with Gasteiger partial charge in [-0.1, -0.05) is 6.07 Å². The van der Waals surface area contributed by atoms with E-state index in [4.69, 9.17) is 0 Å². The Hall–Kier alpha value is -1.36. The van der Waals surface area contributed by atoms with Crippen LogP contribution in [0.25, 0.3) is 0 Å². The molecule has 0 radical (unpaired) electrons. The van der Waals surface area contributed by atoms with Crippen LogP contribution in [0.4, 0.5) is 0 Å². The second-order valence-corrected chi connectivity index (χ2v) is 8.80. The Kier molecular flexibility index (Phi) is 3.92. The summed E-state index contributed by atoms with van der Waals surface area (Å²) in [6.07, 6.45) is 8.14. The number of thiophene rings is 1. The van der Waals surface area contributed by atoms with Crippen molar-refractivity contribution in [1.82, 2.24) is 10.6 Å². The Balaban J connectivity index is 1.26. The van der Waals surface area contributed by atoms with Gasteiger partial charge in [0, 0.05) is 6.54 Å². The van der Waals surface area contributed by atoms with Crippen molar-refractivity contribution in [2.24, 2.45) is 23.2 Å². The lowest BCUT2D eigenvalue weighted by molar-refractivity contribution is -0.122. The van der Waals surface area contributed by atoms with E-state index in [1.165, 1.54) is 49.9 Å². The number of hydrogen-bond donors (Lipinski definition) is 2. The van der Waals surface area contributed by atoms with Gasteiger partial charge in [0.05, 0.1) is 11.4 Å². The molecule has 2 N–H and O–H groups in total. The summed E-state index contributed by atoms with van der Waals surface area (Å²) >= 11 is 1.39. The van der Waals surface area contributed by atoms with Crippen LogP contribution < -0.4 is 10.6 Å². The molecule has 4 aliphatic carbocycles. The van der Waals surface area contributed by atoms with E-state index in [0.29, 0.717) is 10.3 Å². The maximum absolute atomic E-state index is 12.1. The SMILES string of the molecule is O=C(CNC(=O)c1cccs1)NCC12CC3CC(CC(C3)C1)C2. The first-order valence-electron chi connectivity index (χ1n) is 8.70. The molecule has 0 aromatic carbocycles. The predicted octanol–water partition coefficient (Wildman–Crippen LogP) is 2.81. The highest BCUT2D eigenvalue weighted by Gasteiger charge is 2.50. The highest BCUT2D eigenvalue weighted by Crippen LogP contribution is 2.59. The second-order valence-electron chi connectivity index (χ2n) is 7.85. The van der Waals surface area contributed by atoms with E-state index in [1.54, 1.807) is 6.07 Å². The quantitative estimate of drug-likeness (QED) is 0.871. The lowest BCUT2D eigenvalue weighted by Crippen LogP contribution is -2.52. The molecule has 5 rings (SSSR count). The third-order valence-corrected chi connectivity index (χ3v) is 6.85. The standard InChI is InChI=1S/C18H24N2O2S/c21-16(10-19-17(22)15-2-1-3-23-15)20-11-18-7-12-4-13(8-18)6-14(5-12)9-18/h1-3,12-14H,4-11H2,(H,19,22)(H,20,21). The largest absolute Gasteiger partial charge is 0.354 e. The van der Waals surface area contributed by atoms with E-state index in [0.717, 1.165) is 24.3 Å². The van der Waals surface area contributed by atoms with Gasteiger partial charge in [-0.25, -0.2) is 0 Å². The van der Waals surface area contributed by atoms with Crippen LogP contribution >= 0.6 is 11.3 Å². The fourth-order valence-corrected chi connectivity index (χ4v) is 6.15. The molecule has 0 saturated heterocycles. The molecule has 4 aliphatic rings. The Morgan fingerprint density at radius 3 is 2.30 bits per heavy atom. The molecule has 124 valence electrons. The van der Waals surface area contributed by atoms with E-state index in [-0.39, 0.29) is 18.4 Å². The molecule has 1 aromatic heterocycles. The van der Waals surface area contributed by atoms with E-state index in [1.807, 2.05) is 11.4 Å². The van der Waals surface area contributed by atoms with Crippen molar-refractivity contribution < 1.29 is 9.59 Å². The molecule has 1 heterocycles. The molecule has 0 spiro atoms. The molecule has 1 aromatic rings. The summed E-state index contributed by atoms with van der Waals surface area (Å²) < 4.78 is 0. The normalized spacial score (nSPS) is 34.3. The highest BCUT2D eigenvalue weighted by molar-refractivity contribution is 7.12. The fourth-order valence-electron chi connectivity index (χ4n) is 5.51. The van der Waals surface area contributed by atoms with Gasteiger partial charge in [0.25, 0.3) is 5.91 Å². The highest BCUT2D eigenvalue weighted by atomic mass is 32.1. The minimum absolute atomic E-state index is 0.0642. The topological polar surface area (TPSA) is 58.2 Å². The van der Waals surface area contributed by atoms with Crippen molar-refractivity contribution in [3.63, 3.8) is 0 Å². The summed E-state index contributed by atoms with van der Waals surface area (Å²) in [6.45, 7) is 0.868. The molecule has 4 fully saturated rings. The number of rotatable bonds is 5. The molecule has 0 aliphatic heterocycles. The zero-order valence-electron chi connectivity index (χ0n) is 13.3. The molecule has 4 saturated carbocycles. The van der Waals surface area contributed by atoms with Crippen LogP contribution in [0, 0.1) is 23.2 Å². The number of carbonyl (C=O) groups is 2. The molecule has 4 bridgehead atoms. The summed E-state index contributed by atoms with van der Waals surface area (Å²) in [7, 11) is 0. The van der Waals surface area contributed by atoms with E-state index >= 15 is 0 Å². The van der Waals surface area contributed by atoms with Crippen LogP contribution in [0.5, 0.6) is 0 Å². The molecular formula is C18H24N2O2S. The summed E-state index contributed by atoms with van der Waals surface area (Å²) in [5.41, 5.74) is 0.349. The Bertz CT molecular complexity index is 561. The second kappa shape index (κ2) is 5.93. The van der Waals surface area contributed by atoms with Gasteiger partial charge in [-0.3, -0.25) is 9.59 Å². The minimum Gasteiger partial charge on any atom is -0.354 e. The third kappa shape index (κ3) is 3.16. The molecule has 0 atom stereocenters. The first-order valence-corrected chi connectivity index (χ1v) is 9.58. The van der Waals surface area contributed by atoms with Gasteiger partial charge in [0.2, 0.25) is 5.91 Å². The minimum atomic E-state index is -0.162. The number of hydrogen-bond acceptors (Lipinski definition) is 3. The van der Waals surface area contributed by atoms with Gasteiger partial charge in [-0.2, -0.15) is 0 Å². The Labute approximate surface area is 141 Å². The number of nitrogens with one attached hydrogen (secondary N) is 2. The third-order valence-electron chi connectivity index (χ3n) is 5.98. The molecule has 0 unspecified atom stereocenters. The average molecular weight is 332 g/mol. The lowest BCUT2D eigenvalue weighted by atomic mass is 9.49. The molecule has 2 amide bonds. The van der Waals surface area contributed by atoms with E-state index in [9.17, 15) is 9.59 Å². The maximum Gasteiger partial charge on any atom is 0.261 e. The van der Waals surface area contributed by atoms with Crippen molar-refractivity contribution in [2.45, 2.75) is 38.5 Å². The van der Waals surface area contributed by atoms with Gasteiger partial charge < -0.3 is 10.6 Å². The van der Waals surface area contributed by atoms with Gasteiger partial charge in [-0.15, -0.1) is 11.3 Å². The summed E-state index contributed by atoms with van der Waals surface area (Å²) in [5, 5.41) is 7.66. The van der Waals surface area contributed by atoms with Crippen LogP contribution in [0.2, 0.25) is 0 Å². The van der Waals surface area contributed by atoms with Crippen molar-refractivity contribution in [2.75, 3.05) is 13.1 Å². The average Bonchev–Trinajstić information content (AvgIpc) is 3.04. The smallest absolute Gasteiger partial charge is 0.261 e. The Morgan fingerprint density at radius 2 is 1.74 bits per heavy atom.